The van der Waals surface area contributed by atoms with E-state index in [9.17, 15) is 0 Å². The molecule has 0 saturated heterocycles. The number of nitrogens with zero attached hydrogens (tertiary/aromatic N) is 2. The largest absolute Gasteiger partial charge is 0.354 e. The molecule has 4 heteroatoms. The van der Waals surface area contributed by atoms with Gasteiger partial charge in [-0.25, -0.2) is 9.97 Å². The van der Waals surface area contributed by atoms with Crippen LogP contribution in [-0.4, -0.2) is 19.9 Å². The minimum absolute atomic E-state index is 0.876. The fourth-order valence-corrected chi connectivity index (χ4v) is 7.10. The van der Waals surface area contributed by atoms with Gasteiger partial charge in [-0.2, -0.15) is 0 Å². The van der Waals surface area contributed by atoms with Gasteiger partial charge in [0.1, 0.15) is 0 Å². The molecular weight excluding hydrogens is 609 g/mol. The third kappa shape index (κ3) is 5.11. The van der Waals surface area contributed by atoms with Crippen LogP contribution in [0.2, 0.25) is 0 Å². The van der Waals surface area contributed by atoms with Crippen molar-refractivity contribution in [1.29, 1.82) is 0 Å². The van der Waals surface area contributed by atoms with Gasteiger partial charge in [-0.05, 0) is 64.8 Å². The molecule has 0 radical (unpaired) electrons. The Morgan fingerprint density at radius 3 is 1.16 bits per heavy atom. The van der Waals surface area contributed by atoms with Crippen molar-refractivity contribution in [2.45, 2.75) is 0 Å². The minimum atomic E-state index is 0.876. The Morgan fingerprint density at radius 2 is 0.760 bits per heavy atom. The van der Waals surface area contributed by atoms with Crippen LogP contribution in [0.15, 0.2) is 146 Å². The molecule has 0 aliphatic carbocycles. The zero-order valence-electron chi connectivity index (χ0n) is 27.3. The second-order valence-corrected chi connectivity index (χ2v) is 12.4. The summed E-state index contributed by atoms with van der Waals surface area (Å²) in [6, 6.07) is 48.4. The van der Waals surface area contributed by atoms with E-state index in [0.717, 1.165) is 94.9 Å². The number of hydrogen-bond acceptors (Lipinski definition) is 2. The number of aromatic amines is 2. The van der Waals surface area contributed by atoms with Crippen molar-refractivity contribution in [2.24, 2.45) is 0 Å². The molecule has 0 atom stereocenters. The Balaban J connectivity index is 1.52. The Labute approximate surface area is 290 Å². The summed E-state index contributed by atoms with van der Waals surface area (Å²) < 4.78 is 0. The molecule has 2 N–H and O–H groups in total. The molecule has 0 unspecified atom stereocenters. The van der Waals surface area contributed by atoms with Crippen LogP contribution in [0.4, 0.5) is 0 Å². The molecule has 50 heavy (non-hydrogen) atoms. The smallest absolute Gasteiger partial charge is 0.0737 e. The number of nitrogens with one attached hydrogen (secondary N) is 2. The van der Waals surface area contributed by atoms with Gasteiger partial charge >= 0.3 is 0 Å². The molecule has 3 aromatic heterocycles. The van der Waals surface area contributed by atoms with E-state index in [1.54, 1.807) is 0 Å². The van der Waals surface area contributed by atoms with E-state index in [1.165, 1.54) is 0 Å². The van der Waals surface area contributed by atoms with Gasteiger partial charge in [0.05, 0.1) is 28.3 Å². The molecule has 9 rings (SSSR count). The second-order valence-electron chi connectivity index (χ2n) is 12.4. The van der Waals surface area contributed by atoms with Crippen LogP contribution in [-0.2, 0) is 0 Å². The lowest BCUT2D eigenvalue weighted by Gasteiger charge is -2.07. The average Bonchev–Trinajstić information content (AvgIpc) is 4.00. The maximum absolute atomic E-state index is 5.39. The van der Waals surface area contributed by atoms with Gasteiger partial charge in [-0.3, -0.25) is 0 Å². The van der Waals surface area contributed by atoms with E-state index < -0.39 is 0 Å². The summed E-state index contributed by atoms with van der Waals surface area (Å²) in [5.74, 6) is 0. The van der Waals surface area contributed by atoms with E-state index in [4.69, 9.17) is 9.97 Å². The van der Waals surface area contributed by atoms with E-state index in [2.05, 4.69) is 156 Å². The van der Waals surface area contributed by atoms with Gasteiger partial charge in [0, 0.05) is 44.4 Å². The van der Waals surface area contributed by atoms with E-state index in [1.807, 2.05) is 30.3 Å². The van der Waals surface area contributed by atoms with Crippen molar-refractivity contribution in [3.63, 3.8) is 0 Å². The van der Waals surface area contributed by atoms with Crippen molar-refractivity contribution >= 4 is 52.4 Å². The van der Waals surface area contributed by atoms with Crippen LogP contribution in [0.3, 0.4) is 0 Å². The van der Waals surface area contributed by atoms with Gasteiger partial charge in [-0.15, -0.1) is 0 Å². The summed E-state index contributed by atoms with van der Waals surface area (Å²) in [5, 5.41) is 0. The summed E-state index contributed by atoms with van der Waals surface area (Å²) in [4.78, 5) is 18.4. The van der Waals surface area contributed by atoms with Gasteiger partial charge in [0.25, 0.3) is 0 Å². The minimum Gasteiger partial charge on any atom is -0.354 e. The Bertz CT molecular complexity index is 2630. The second kappa shape index (κ2) is 12.3. The van der Waals surface area contributed by atoms with E-state index in [0.29, 0.717) is 0 Å². The fourth-order valence-electron chi connectivity index (χ4n) is 7.10. The van der Waals surface area contributed by atoms with Crippen molar-refractivity contribution in [3.05, 3.63) is 174 Å². The Kier molecular flexibility index (Phi) is 7.25. The fraction of sp³-hybridized carbons (Fsp3) is 0. The zero-order chi connectivity index (χ0) is 33.4. The number of fused-ring (bicyclic) bond motifs is 8. The number of benzene rings is 4. The quantitative estimate of drug-likeness (QED) is 0.197. The van der Waals surface area contributed by atoms with Crippen LogP contribution < -0.4 is 0 Å². The van der Waals surface area contributed by atoms with Crippen molar-refractivity contribution in [2.75, 3.05) is 0 Å². The van der Waals surface area contributed by atoms with Crippen LogP contribution in [0.1, 0.15) is 28.3 Å². The summed E-state index contributed by atoms with van der Waals surface area (Å²) in [5.41, 5.74) is 16.8. The SMILES string of the molecule is C=Cc1cc2[nH]c1c(-c1ccccc1)c1nc(c(-c3ccccc3)c3ccc([nH]3)c(-c3ccccc3)c3nc(c2-c2ccccc2)C=C3)C=C1. The monoisotopic (exact) mass is 640 g/mol. The first-order valence-corrected chi connectivity index (χ1v) is 16.8. The highest BCUT2D eigenvalue weighted by atomic mass is 14.8. The third-order valence-corrected chi connectivity index (χ3v) is 9.37. The lowest BCUT2D eigenvalue weighted by molar-refractivity contribution is 1.31. The van der Waals surface area contributed by atoms with Crippen molar-refractivity contribution in [3.8, 4) is 44.5 Å². The van der Waals surface area contributed by atoms with Crippen LogP contribution in [0, 0.1) is 0 Å². The summed E-state index contributed by atoms with van der Waals surface area (Å²) >= 11 is 0. The molecule has 2 aliphatic heterocycles. The highest BCUT2D eigenvalue weighted by Gasteiger charge is 2.19. The summed E-state index contributed by atoms with van der Waals surface area (Å²) in [7, 11) is 0. The maximum atomic E-state index is 5.39. The molecule has 236 valence electrons. The van der Waals surface area contributed by atoms with Crippen molar-refractivity contribution in [1.82, 2.24) is 19.9 Å². The molecule has 8 bridgehead atoms. The molecule has 0 amide bonds. The molecule has 5 heterocycles. The number of rotatable bonds is 5. The molecular formula is C46H32N4. The predicted molar refractivity (Wildman–Crippen MR) is 211 cm³/mol. The predicted octanol–water partition coefficient (Wildman–Crippen LogP) is 12.0. The van der Waals surface area contributed by atoms with Crippen LogP contribution in [0.25, 0.3) is 97.0 Å². The normalized spacial score (nSPS) is 11.9. The standard InChI is InChI=1S/C46H32N4/c1-2-30-29-41-44(33-19-11-5-12-20-33)39-26-25-37(48-39)42(31-15-7-3-8-16-31)35-23-24-36(47-35)43(32-17-9-4-10-18-32)38-27-28-40(49-38)45(46(30)50-41)34-21-13-6-14-22-34/h2-29,47,50H,1H2. The van der Waals surface area contributed by atoms with Crippen LogP contribution in [0.5, 0.6) is 0 Å². The zero-order valence-corrected chi connectivity index (χ0v) is 27.3. The molecule has 0 fully saturated rings. The summed E-state index contributed by atoms with van der Waals surface area (Å²) in [6.07, 6.45) is 10.4. The van der Waals surface area contributed by atoms with E-state index >= 15 is 0 Å². The van der Waals surface area contributed by atoms with Gasteiger partial charge in [0.15, 0.2) is 0 Å². The first kappa shape index (κ1) is 29.4. The van der Waals surface area contributed by atoms with Crippen LogP contribution >= 0.6 is 0 Å². The molecule has 0 saturated carbocycles. The maximum Gasteiger partial charge on any atom is 0.0737 e. The molecule has 0 spiro atoms. The lowest BCUT2D eigenvalue weighted by atomic mass is 10.0. The van der Waals surface area contributed by atoms with Gasteiger partial charge < -0.3 is 9.97 Å². The summed E-state index contributed by atoms with van der Waals surface area (Å²) in [6.45, 7) is 4.25. The van der Waals surface area contributed by atoms with Gasteiger partial charge in [-0.1, -0.05) is 134 Å². The first-order chi connectivity index (χ1) is 24.7. The van der Waals surface area contributed by atoms with Gasteiger partial charge in [0.2, 0.25) is 0 Å². The van der Waals surface area contributed by atoms with E-state index in [-0.39, 0.29) is 0 Å². The first-order valence-electron chi connectivity index (χ1n) is 16.8. The Hall–Kier alpha value is -6.78. The highest BCUT2D eigenvalue weighted by Crippen LogP contribution is 2.39. The number of aromatic nitrogens is 4. The topological polar surface area (TPSA) is 57.4 Å². The lowest BCUT2D eigenvalue weighted by Crippen LogP contribution is -1.89. The molecule has 4 nitrogen and oxygen atoms in total. The number of hydrogen-bond donors (Lipinski definition) is 2. The molecule has 4 aromatic carbocycles. The Morgan fingerprint density at radius 1 is 0.400 bits per heavy atom. The highest BCUT2D eigenvalue weighted by molar-refractivity contribution is 6.01. The third-order valence-electron chi connectivity index (χ3n) is 9.37. The average molecular weight is 641 g/mol. The van der Waals surface area contributed by atoms with Crippen molar-refractivity contribution < 1.29 is 0 Å². The number of H-pyrrole nitrogens is 2. The molecule has 7 aromatic rings. The molecule has 2 aliphatic rings.